The monoisotopic (exact) mass is 167 g/mol. The second-order valence-electron chi connectivity index (χ2n) is 1.72. The first-order chi connectivity index (χ1) is 4.31. The minimum atomic E-state index is -0.150. The Bertz CT molecular complexity index is 87.8. The molecule has 3 nitrogen and oxygen atoms in total. The molecule has 0 fully saturated rings. The molecule has 0 aromatic heterocycles. The summed E-state index contributed by atoms with van der Waals surface area (Å²) in [6.45, 7) is 2.81. The summed E-state index contributed by atoms with van der Waals surface area (Å²) in [5.74, 6) is -0.150. The summed E-state index contributed by atoms with van der Waals surface area (Å²) < 4.78 is 4.71. The first kappa shape index (κ1) is 12.4. The highest BCUT2D eigenvalue weighted by atomic mass is 35.5. The molecule has 0 saturated heterocycles. The van der Waals surface area contributed by atoms with Gasteiger partial charge in [0.2, 0.25) is 0 Å². The lowest BCUT2D eigenvalue weighted by atomic mass is 10.4. The Morgan fingerprint density at radius 3 is 2.60 bits per heavy atom. The summed E-state index contributed by atoms with van der Waals surface area (Å²) in [7, 11) is 0. The van der Waals surface area contributed by atoms with E-state index in [2.05, 4.69) is 0 Å². The summed E-state index contributed by atoms with van der Waals surface area (Å²) in [6.07, 6.45) is 1.20. The van der Waals surface area contributed by atoms with Crippen molar-refractivity contribution in [3.8, 4) is 0 Å². The van der Waals surface area contributed by atoms with E-state index in [0.29, 0.717) is 19.6 Å². The predicted octanol–water partition coefficient (Wildman–Crippen LogP) is 0.710. The minimum absolute atomic E-state index is 0. The fourth-order valence-corrected chi connectivity index (χ4v) is 0.371. The predicted molar refractivity (Wildman–Crippen MR) is 42.2 cm³/mol. The van der Waals surface area contributed by atoms with Crippen molar-refractivity contribution in [3.63, 3.8) is 0 Å². The van der Waals surface area contributed by atoms with E-state index >= 15 is 0 Å². The maximum Gasteiger partial charge on any atom is 0.305 e. The average molecular weight is 168 g/mol. The Balaban J connectivity index is 0. The molecule has 0 aromatic carbocycles. The van der Waals surface area contributed by atoms with Gasteiger partial charge >= 0.3 is 5.97 Å². The quantitative estimate of drug-likeness (QED) is 0.496. The van der Waals surface area contributed by atoms with Gasteiger partial charge < -0.3 is 10.5 Å². The van der Waals surface area contributed by atoms with Gasteiger partial charge in [-0.15, -0.1) is 12.4 Å². The van der Waals surface area contributed by atoms with Gasteiger partial charge in [-0.1, -0.05) is 6.92 Å². The molecule has 0 bridgehead atoms. The number of carbonyl (C=O) groups excluding carboxylic acids is 1. The topological polar surface area (TPSA) is 52.3 Å². The van der Waals surface area contributed by atoms with Gasteiger partial charge in [-0.3, -0.25) is 4.79 Å². The van der Waals surface area contributed by atoms with E-state index in [4.69, 9.17) is 10.5 Å². The van der Waals surface area contributed by atoms with E-state index in [1.807, 2.05) is 0 Å². The fourth-order valence-electron chi connectivity index (χ4n) is 0.371. The van der Waals surface area contributed by atoms with Crippen LogP contribution < -0.4 is 5.73 Å². The van der Waals surface area contributed by atoms with Crippen molar-refractivity contribution in [3.05, 3.63) is 0 Å². The number of hydrogen-bond acceptors (Lipinski definition) is 3. The largest absolute Gasteiger partial charge is 0.466 e. The number of rotatable bonds is 4. The first-order valence-corrected chi connectivity index (χ1v) is 3.17. The van der Waals surface area contributed by atoms with Gasteiger partial charge in [-0.05, 0) is 13.0 Å². The number of esters is 1. The van der Waals surface area contributed by atoms with E-state index in [-0.39, 0.29) is 18.4 Å². The normalized spacial score (nSPS) is 8.20. The maximum atomic E-state index is 10.4. The third kappa shape index (κ3) is 7.72. The van der Waals surface area contributed by atoms with Crippen molar-refractivity contribution < 1.29 is 9.53 Å². The third-order valence-electron chi connectivity index (χ3n) is 0.900. The molecule has 0 aliphatic heterocycles. The summed E-state index contributed by atoms with van der Waals surface area (Å²) in [6, 6.07) is 0. The zero-order valence-corrected chi connectivity index (χ0v) is 6.95. The molecule has 2 N–H and O–H groups in total. The maximum absolute atomic E-state index is 10.4. The van der Waals surface area contributed by atoms with Crippen LogP contribution in [-0.4, -0.2) is 19.1 Å². The first-order valence-electron chi connectivity index (χ1n) is 3.17. The molecule has 0 radical (unpaired) electrons. The summed E-state index contributed by atoms with van der Waals surface area (Å²) in [5.41, 5.74) is 5.16. The van der Waals surface area contributed by atoms with Crippen molar-refractivity contribution >= 4 is 18.4 Å². The van der Waals surface area contributed by atoms with Gasteiger partial charge in [0.05, 0.1) is 6.61 Å². The lowest BCUT2D eigenvalue weighted by Gasteiger charge is -1.99. The second kappa shape index (κ2) is 8.72. The van der Waals surface area contributed by atoms with Gasteiger partial charge in [0.1, 0.15) is 0 Å². The van der Waals surface area contributed by atoms with E-state index < -0.39 is 0 Å². The van der Waals surface area contributed by atoms with Crippen LogP contribution in [0.15, 0.2) is 0 Å². The number of ether oxygens (including phenoxy) is 1. The molecule has 62 valence electrons. The number of nitrogens with two attached hydrogens (primary N) is 1. The van der Waals surface area contributed by atoms with Crippen molar-refractivity contribution in [2.75, 3.05) is 13.2 Å². The Kier molecular flexibility index (Phi) is 10.8. The van der Waals surface area contributed by atoms with Crippen LogP contribution >= 0.6 is 12.4 Å². The van der Waals surface area contributed by atoms with Crippen molar-refractivity contribution in [2.45, 2.75) is 19.8 Å². The molecule has 10 heavy (non-hydrogen) atoms. The Labute approximate surface area is 67.3 Å². The number of halogens is 1. The van der Waals surface area contributed by atoms with Gasteiger partial charge in [-0.2, -0.15) is 0 Å². The van der Waals surface area contributed by atoms with Crippen LogP contribution in [0.1, 0.15) is 19.8 Å². The van der Waals surface area contributed by atoms with Crippen LogP contribution in [0.25, 0.3) is 0 Å². The molecule has 0 heterocycles. The Morgan fingerprint density at radius 2 is 2.20 bits per heavy atom. The van der Waals surface area contributed by atoms with Crippen molar-refractivity contribution in [1.29, 1.82) is 0 Å². The summed E-state index contributed by atoms with van der Waals surface area (Å²) >= 11 is 0. The molecule has 0 spiro atoms. The zero-order chi connectivity index (χ0) is 7.11. The molecule has 0 unspecified atom stereocenters. The van der Waals surface area contributed by atoms with Gasteiger partial charge in [0, 0.05) is 6.42 Å². The molecule has 0 aromatic rings. The van der Waals surface area contributed by atoms with Gasteiger partial charge in [-0.25, -0.2) is 0 Å². The van der Waals surface area contributed by atoms with Crippen molar-refractivity contribution in [2.24, 2.45) is 5.73 Å². The lowest BCUT2D eigenvalue weighted by molar-refractivity contribution is -0.143. The molecule has 0 atom stereocenters. The third-order valence-corrected chi connectivity index (χ3v) is 0.900. The molecular formula is C6H14ClNO2. The average Bonchev–Trinajstić information content (AvgIpc) is 1.89. The molecule has 0 aliphatic carbocycles. The minimum Gasteiger partial charge on any atom is -0.466 e. The SMILES string of the molecule is CCC(=O)OCCCN.Cl. The molecular weight excluding hydrogens is 154 g/mol. The van der Waals surface area contributed by atoms with Crippen molar-refractivity contribution in [1.82, 2.24) is 0 Å². The molecule has 0 amide bonds. The van der Waals surface area contributed by atoms with E-state index in [1.54, 1.807) is 6.92 Å². The lowest BCUT2D eigenvalue weighted by Crippen LogP contribution is -2.08. The second-order valence-corrected chi connectivity index (χ2v) is 1.72. The van der Waals surface area contributed by atoms with E-state index in [1.165, 1.54) is 0 Å². The molecule has 0 saturated carbocycles. The zero-order valence-electron chi connectivity index (χ0n) is 6.13. The van der Waals surface area contributed by atoms with Crippen LogP contribution in [0.4, 0.5) is 0 Å². The highest BCUT2D eigenvalue weighted by molar-refractivity contribution is 5.85. The molecule has 0 aliphatic rings. The Hall–Kier alpha value is -0.280. The van der Waals surface area contributed by atoms with E-state index in [0.717, 1.165) is 6.42 Å². The van der Waals surface area contributed by atoms with Crippen LogP contribution in [0.3, 0.4) is 0 Å². The van der Waals surface area contributed by atoms with Crippen LogP contribution in [0.2, 0.25) is 0 Å². The highest BCUT2D eigenvalue weighted by Gasteiger charge is 1.94. The summed E-state index contributed by atoms with van der Waals surface area (Å²) in [4.78, 5) is 10.4. The molecule has 4 heteroatoms. The summed E-state index contributed by atoms with van der Waals surface area (Å²) in [5, 5.41) is 0. The number of hydrogen-bond donors (Lipinski definition) is 1. The van der Waals surface area contributed by atoms with Crippen LogP contribution in [0, 0.1) is 0 Å². The Morgan fingerprint density at radius 1 is 1.60 bits per heavy atom. The fraction of sp³-hybridized carbons (Fsp3) is 0.833. The van der Waals surface area contributed by atoms with E-state index in [9.17, 15) is 4.79 Å². The molecule has 0 rings (SSSR count). The van der Waals surface area contributed by atoms with Crippen LogP contribution in [0.5, 0.6) is 0 Å². The smallest absolute Gasteiger partial charge is 0.305 e. The van der Waals surface area contributed by atoms with Crippen LogP contribution in [-0.2, 0) is 9.53 Å². The highest BCUT2D eigenvalue weighted by Crippen LogP contribution is 1.85. The van der Waals surface area contributed by atoms with Gasteiger partial charge in [0.25, 0.3) is 0 Å². The number of carbonyl (C=O) groups is 1. The van der Waals surface area contributed by atoms with Gasteiger partial charge in [0.15, 0.2) is 0 Å². The standard InChI is InChI=1S/C6H13NO2.ClH/c1-2-6(8)9-5-3-4-7;/h2-5,7H2,1H3;1H.